The van der Waals surface area contributed by atoms with Crippen molar-refractivity contribution in [2.45, 2.75) is 58.9 Å². The van der Waals surface area contributed by atoms with Crippen LogP contribution in [0.2, 0.25) is 0 Å². The van der Waals surface area contributed by atoms with E-state index < -0.39 is 0 Å². The number of carbonyl (C=O) groups excluding carboxylic acids is 1. The van der Waals surface area contributed by atoms with Crippen LogP contribution in [0.4, 0.5) is 5.69 Å². The van der Waals surface area contributed by atoms with E-state index in [0.717, 1.165) is 50.3 Å². The molecule has 1 N–H and O–H groups in total. The molecule has 0 bridgehead atoms. The fourth-order valence-corrected chi connectivity index (χ4v) is 4.02. The van der Waals surface area contributed by atoms with Crippen molar-refractivity contribution in [1.29, 1.82) is 0 Å². The van der Waals surface area contributed by atoms with Crippen LogP contribution >= 0.6 is 0 Å². The van der Waals surface area contributed by atoms with Crippen molar-refractivity contribution in [2.75, 3.05) is 18.4 Å². The van der Waals surface area contributed by atoms with Gasteiger partial charge in [-0.15, -0.1) is 0 Å². The Morgan fingerprint density at radius 1 is 0.794 bits per heavy atom. The summed E-state index contributed by atoms with van der Waals surface area (Å²) >= 11 is 0. The maximum Gasteiger partial charge on any atom is 0.226 e. The van der Waals surface area contributed by atoms with Crippen molar-refractivity contribution in [3.63, 3.8) is 0 Å². The number of carbonyl (C=O) groups is 1. The quantitative estimate of drug-likeness (QED) is 0.280. The number of amides is 1. The number of anilines is 1. The molecule has 180 valence electrons. The first-order valence-corrected chi connectivity index (χ1v) is 12.7. The zero-order valence-electron chi connectivity index (χ0n) is 20.7. The summed E-state index contributed by atoms with van der Waals surface area (Å²) < 4.78 is 0. The molecular formula is C30H39N3O. The maximum absolute atomic E-state index is 11.9. The van der Waals surface area contributed by atoms with Crippen LogP contribution in [0.25, 0.3) is 0 Å². The van der Waals surface area contributed by atoms with Crippen LogP contribution in [-0.2, 0) is 24.2 Å². The zero-order chi connectivity index (χ0) is 24.0. The molecule has 1 aromatic heterocycles. The Balaban J connectivity index is 1.49. The van der Waals surface area contributed by atoms with Gasteiger partial charge in [-0.05, 0) is 80.6 Å². The minimum absolute atomic E-state index is 0.0174. The molecular weight excluding hydrogens is 418 g/mol. The van der Waals surface area contributed by atoms with E-state index in [2.05, 4.69) is 69.8 Å². The van der Waals surface area contributed by atoms with E-state index in [1.54, 1.807) is 0 Å². The number of unbranched alkanes of at least 4 members (excludes halogenated alkanes) is 2. The number of hydrogen-bond acceptors (Lipinski definition) is 3. The zero-order valence-corrected chi connectivity index (χ0v) is 20.7. The summed E-state index contributed by atoms with van der Waals surface area (Å²) in [6.45, 7) is 6.90. The van der Waals surface area contributed by atoms with Gasteiger partial charge in [-0.25, -0.2) is 0 Å². The average Bonchev–Trinajstić information content (AvgIpc) is 2.86. The van der Waals surface area contributed by atoms with E-state index in [1.165, 1.54) is 30.4 Å². The van der Waals surface area contributed by atoms with Crippen LogP contribution in [-0.4, -0.2) is 28.9 Å². The van der Waals surface area contributed by atoms with Gasteiger partial charge < -0.3 is 5.32 Å². The molecule has 4 nitrogen and oxygen atoms in total. The lowest BCUT2D eigenvalue weighted by Gasteiger charge is -2.23. The summed E-state index contributed by atoms with van der Waals surface area (Å²) in [5.41, 5.74) is 4.74. The van der Waals surface area contributed by atoms with Gasteiger partial charge in [0.15, 0.2) is 0 Å². The standard InChI is InChI=1S/C30H39N3O/c1-25(2)30(34)32-29-19-17-27(18-20-29)24-33(23-11-16-28-15-8-9-21-31-28)22-10-4-7-14-26-12-5-3-6-13-26/h3,5-6,8-9,12-13,15,17-21,25H,4,7,10-11,14,16,22-24H2,1-2H3,(H,32,34). The average molecular weight is 458 g/mol. The monoisotopic (exact) mass is 457 g/mol. The third-order valence-electron chi connectivity index (χ3n) is 6.07. The Kier molecular flexibility index (Phi) is 10.8. The maximum atomic E-state index is 11.9. The highest BCUT2D eigenvalue weighted by Crippen LogP contribution is 2.15. The summed E-state index contributed by atoms with van der Waals surface area (Å²) in [6.07, 6.45) is 8.82. The second kappa shape index (κ2) is 14.3. The number of rotatable bonds is 14. The molecule has 1 amide bonds. The van der Waals surface area contributed by atoms with Crippen LogP contribution in [0.5, 0.6) is 0 Å². The smallest absolute Gasteiger partial charge is 0.226 e. The predicted molar refractivity (Wildman–Crippen MR) is 142 cm³/mol. The van der Waals surface area contributed by atoms with Gasteiger partial charge in [0.05, 0.1) is 0 Å². The molecule has 0 saturated heterocycles. The predicted octanol–water partition coefficient (Wildman–Crippen LogP) is 6.52. The molecule has 0 fully saturated rings. The van der Waals surface area contributed by atoms with E-state index in [1.807, 2.05) is 38.2 Å². The van der Waals surface area contributed by atoms with Gasteiger partial charge in [-0.3, -0.25) is 14.7 Å². The van der Waals surface area contributed by atoms with Crippen molar-refractivity contribution >= 4 is 11.6 Å². The highest BCUT2D eigenvalue weighted by Gasteiger charge is 2.09. The van der Waals surface area contributed by atoms with Crippen LogP contribution < -0.4 is 5.32 Å². The first-order valence-electron chi connectivity index (χ1n) is 12.7. The molecule has 0 aliphatic carbocycles. The Morgan fingerprint density at radius 3 is 2.24 bits per heavy atom. The first-order chi connectivity index (χ1) is 16.6. The van der Waals surface area contributed by atoms with Gasteiger partial charge in [-0.2, -0.15) is 0 Å². The van der Waals surface area contributed by atoms with E-state index >= 15 is 0 Å². The van der Waals surface area contributed by atoms with Crippen LogP contribution in [0.3, 0.4) is 0 Å². The lowest BCUT2D eigenvalue weighted by Crippen LogP contribution is -2.26. The van der Waals surface area contributed by atoms with Crippen molar-refractivity contribution < 1.29 is 4.79 Å². The van der Waals surface area contributed by atoms with Gasteiger partial charge in [0.1, 0.15) is 0 Å². The van der Waals surface area contributed by atoms with Gasteiger partial charge >= 0.3 is 0 Å². The molecule has 0 aliphatic heterocycles. The minimum atomic E-state index is -0.0174. The molecule has 3 rings (SSSR count). The number of nitrogens with zero attached hydrogens (tertiary/aromatic N) is 2. The molecule has 0 saturated carbocycles. The topological polar surface area (TPSA) is 45.2 Å². The Hall–Kier alpha value is -2.98. The van der Waals surface area contributed by atoms with E-state index in [-0.39, 0.29) is 11.8 Å². The van der Waals surface area contributed by atoms with Crippen molar-refractivity contribution in [1.82, 2.24) is 9.88 Å². The third-order valence-corrected chi connectivity index (χ3v) is 6.07. The number of pyridine rings is 1. The van der Waals surface area contributed by atoms with Gasteiger partial charge in [0, 0.05) is 30.0 Å². The number of nitrogens with one attached hydrogen (secondary N) is 1. The lowest BCUT2D eigenvalue weighted by atomic mass is 10.1. The summed E-state index contributed by atoms with van der Waals surface area (Å²) in [5, 5.41) is 2.98. The second-order valence-corrected chi connectivity index (χ2v) is 9.34. The van der Waals surface area contributed by atoms with Crippen molar-refractivity contribution in [3.05, 3.63) is 95.8 Å². The molecule has 0 aliphatic rings. The molecule has 2 aromatic carbocycles. The molecule has 1 heterocycles. The summed E-state index contributed by atoms with van der Waals surface area (Å²) in [7, 11) is 0. The van der Waals surface area contributed by atoms with Gasteiger partial charge in [0.25, 0.3) is 0 Å². The largest absolute Gasteiger partial charge is 0.326 e. The third kappa shape index (κ3) is 9.48. The number of aromatic nitrogens is 1. The van der Waals surface area contributed by atoms with Gasteiger partial charge in [0.2, 0.25) is 5.91 Å². The van der Waals surface area contributed by atoms with Crippen molar-refractivity contribution in [2.24, 2.45) is 5.92 Å². The van der Waals surface area contributed by atoms with Crippen molar-refractivity contribution in [3.8, 4) is 0 Å². The SMILES string of the molecule is CC(C)C(=O)Nc1ccc(CN(CCCCCc2ccccc2)CCCc2ccccn2)cc1. The molecule has 0 atom stereocenters. The molecule has 34 heavy (non-hydrogen) atoms. The van der Waals surface area contributed by atoms with Gasteiger partial charge in [-0.1, -0.05) is 68.8 Å². The lowest BCUT2D eigenvalue weighted by molar-refractivity contribution is -0.118. The Bertz CT molecular complexity index is 955. The molecule has 4 heteroatoms. The molecule has 0 unspecified atom stereocenters. The molecule has 0 radical (unpaired) electrons. The fourth-order valence-electron chi connectivity index (χ4n) is 4.02. The van der Waals surface area contributed by atoms with Crippen LogP contribution in [0.1, 0.15) is 56.4 Å². The fraction of sp³-hybridized carbons (Fsp3) is 0.400. The minimum Gasteiger partial charge on any atom is -0.326 e. The number of benzene rings is 2. The van der Waals surface area contributed by atoms with E-state index in [9.17, 15) is 4.79 Å². The highest BCUT2D eigenvalue weighted by molar-refractivity contribution is 5.92. The summed E-state index contributed by atoms with van der Waals surface area (Å²) in [6, 6.07) is 25.2. The summed E-state index contributed by atoms with van der Waals surface area (Å²) in [5.74, 6) is 0.0376. The Morgan fingerprint density at radius 2 is 1.53 bits per heavy atom. The first kappa shape index (κ1) is 25.6. The van der Waals surface area contributed by atoms with E-state index in [0.29, 0.717) is 0 Å². The number of aryl methyl sites for hydroxylation is 2. The molecule has 0 spiro atoms. The highest BCUT2D eigenvalue weighted by atomic mass is 16.1. The van der Waals surface area contributed by atoms with E-state index in [4.69, 9.17) is 0 Å². The number of hydrogen-bond donors (Lipinski definition) is 1. The van der Waals surface area contributed by atoms with Crippen LogP contribution in [0, 0.1) is 5.92 Å². The van der Waals surface area contributed by atoms with Crippen LogP contribution in [0.15, 0.2) is 79.0 Å². The second-order valence-electron chi connectivity index (χ2n) is 9.34. The Labute approximate surface area is 205 Å². The molecule has 3 aromatic rings. The summed E-state index contributed by atoms with van der Waals surface area (Å²) in [4.78, 5) is 19.0. The normalized spacial score (nSPS) is 11.2.